The standard InChI is InChI=1S/C21H31N7O4/c22-27-25-7-9-31-11-13-32-12-10-30-8-6-24-18-3-4-20-17(14-18)15-26-28(21(20)29)19-2-1-5-23-16-19/h3-4,14-15,19,23-24H,1-2,5-13,16H2. The lowest BCUT2D eigenvalue weighted by molar-refractivity contribution is 0.0179. The molecule has 11 heteroatoms. The van der Waals surface area contributed by atoms with Gasteiger partial charge >= 0.3 is 0 Å². The molecule has 174 valence electrons. The van der Waals surface area contributed by atoms with Crippen LogP contribution in [0.3, 0.4) is 0 Å². The maximum atomic E-state index is 12.8. The van der Waals surface area contributed by atoms with E-state index in [1.54, 1.807) is 10.9 Å². The fraction of sp³-hybridized carbons (Fsp3) is 0.619. The average Bonchev–Trinajstić information content (AvgIpc) is 2.83. The van der Waals surface area contributed by atoms with E-state index in [-0.39, 0.29) is 11.6 Å². The number of hydrogen-bond donors (Lipinski definition) is 2. The van der Waals surface area contributed by atoms with Crippen molar-refractivity contribution in [3.63, 3.8) is 0 Å². The summed E-state index contributed by atoms with van der Waals surface area (Å²) < 4.78 is 17.8. The molecule has 1 aliphatic heterocycles. The van der Waals surface area contributed by atoms with Gasteiger partial charge in [0.25, 0.3) is 5.56 Å². The minimum atomic E-state index is -0.0350. The number of azide groups is 1. The third kappa shape index (κ3) is 7.47. The summed E-state index contributed by atoms with van der Waals surface area (Å²) in [5.74, 6) is 0. The van der Waals surface area contributed by atoms with Crippen molar-refractivity contribution in [3.8, 4) is 0 Å². The van der Waals surface area contributed by atoms with Crippen LogP contribution in [0.15, 0.2) is 34.3 Å². The molecule has 1 aliphatic rings. The molecule has 11 nitrogen and oxygen atoms in total. The van der Waals surface area contributed by atoms with Crippen LogP contribution in [0.1, 0.15) is 18.9 Å². The minimum Gasteiger partial charge on any atom is -0.383 e. The number of fused-ring (bicyclic) bond motifs is 1. The van der Waals surface area contributed by atoms with Crippen LogP contribution in [0, 0.1) is 0 Å². The van der Waals surface area contributed by atoms with Crippen molar-refractivity contribution >= 4 is 16.5 Å². The fourth-order valence-electron chi connectivity index (χ4n) is 3.54. The zero-order valence-electron chi connectivity index (χ0n) is 18.2. The Balaban J connectivity index is 1.32. The van der Waals surface area contributed by atoms with Gasteiger partial charge in [0.2, 0.25) is 0 Å². The number of ether oxygens (including phenoxy) is 3. The Morgan fingerprint density at radius 2 is 1.97 bits per heavy atom. The van der Waals surface area contributed by atoms with Gasteiger partial charge in [-0.3, -0.25) is 4.79 Å². The van der Waals surface area contributed by atoms with Gasteiger partial charge in [-0.15, -0.1) is 0 Å². The summed E-state index contributed by atoms with van der Waals surface area (Å²) in [4.78, 5) is 15.5. The van der Waals surface area contributed by atoms with Crippen LogP contribution >= 0.6 is 0 Å². The average molecular weight is 446 g/mol. The van der Waals surface area contributed by atoms with E-state index >= 15 is 0 Å². The lowest BCUT2D eigenvalue weighted by atomic mass is 10.1. The molecule has 1 aromatic heterocycles. The molecular formula is C21H31N7O4. The third-order valence-electron chi connectivity index (χ3n) is 5.15. The van der Waals surface area contributed by atoms with Crippen LogP contribution in [-0.4, -0.2) is 75.6 Å². The van der Waals surface area contributed by atoms with E-state index in [2.05, 4.69) is 25.8 Å². The zero-order chi connectivity index (χ0) is 22.4. The second kappa shape index (κ2) is 13.7. The molecule has 0 aliphatic carbocycles. The van der Waals surface area contributed by atoms with Crippen molar-refractivity contribution in [3.05, 3.63) is 45.2 Å². The number of piperidine rings is 1. The van der Waals surface area contributed by atoms with E-state index in [1.807, 2.05) is 18.2 Å². The molecule has 1 unspecified atom stereocenters. The van der Waals surface area contributed by atoms with Crippen LogP contribution in [0.5, 0.6) is 0 Å². The van der Waals surface area contributed by atoms with E-state index in [0.29, 0.717) is 58.1 Å². The van der Waals surface area contributed by atoms with Crippen molar-refractivity contribution in [1.29, 1.82) is 0 Å². The number of rotatable bonds is 14. The van der Waals surface area contributed by atoms with Crippen LogP contribution in [0.25, 0.3) is 21.2 Å². The summed E-state index contributed by atoms with van der Waals surface area (Å²) in [6, 6.07) is 5.84. The van der Waals surface area contributed by atoms with E-state index in [0.717, 1.165) is 37.0 Å². The molecule has 1 aromatic carbocycles. The molecular weight excluding hydrogens is 414 g/mol. The highest BCUT2D eigenvalue weighted by atomic mass is 16.5. The molecule has 0 saturated carbocycles. The predicted molar refractivity (Wildman–Crippen MR) is 122 cm³/mol. The third-order valence-corrected chi connectivity index (χ3v) is 5.15. The number of anilines is 1. The Labute approximate surface area is 186 Å². The first-order valence-electron chi connectivity index (χ1n) is 11.0. The first-order valence-corrected chi connectivity index (χ1v) is 11.0. The van der Waals surface area contributed by atoms with E-state index in [1.165, 1.54) is 0 Å². The van der Waals surface area contributed by atoms with Crippen LogP contribution in [0.2, 0.25) is 0 Å². The molecule has 1 atom stereocenters. The molecule has 2 aromatic rings. The van der Waals surface area contributed by atoms with Gasteiger partial charge in [-0.1, -0.05) is 5.11 Å². The van der Waals surface area contributed by atoms with Crippen LogP contribution < -0.4 is 16.2 Å². The van der Waals surface area contributed by atoms with Crippen LogP contribution in [0.4, 0.5) is 5.69 Å². The summed E-state index contributed by atoms with van der Waals surface area (Å²) in [5.41, 5.74) is 9.03. The number of nitrogens with zero attached hydrogens (tertiary/aromatic N) is 5. The smallest absolute Gasteiger partial charge is 0.274 e. The molecule has 32 heavy (non-hydrogen) atoms. The number of aromatic nitrogens is 2. The Morgan fingerprint density at radius 3 is 2.72 bits per heavy atom. The van der Waals surface area contributed by atoms with Crippen molar-refractivity contribution in [2.24, 2.45) is 5.11 Å². The first kappa shape index (κ1) is 24.0. The van der Waals surface area contributed by atoms with E-state index in [4.69, 9.17) is 19.7 Å². The molecule has 3 rings (SSSR count). The van der Waals surface area contributed by atoms with Gasteiger partial charge in [-0.25, -0.2) is 4.68 Å². The second-order valence-corrected chi connectivity index (χ2v) is 7.41. The molecule has 0 spiro atoms. The number of benzene rings is 1. The van der Waals surface area contributed by atoms with Gasteiger partial charge in [-0.05, 0) is 43.1 Å². The van der Waals surface area contributed by atoms with Crippen molar-refractivity contribution < 1.29 is 14.2 Å². The van der Waals surface area contributed by atoms with Gasteiger partial charge in [0.1, 0.15) is 0 Å². The highest BCUT2D eigenvalue weighted by Crippen LogP contribution is 2.18. The van der Waals surface area contributed by atoms with Gasteiger partial charge < -0.3 is 24.8 Å². The lowest BCUT2D eigenvalue weighted by Gasteiger charge is -2.23. The summed E-state index contributed by atoms with van der Waals surface area (Å²) >= 11 is 0. The Hall–Kier alpha value is -2.69. The molecule has 2 N–H and O–H groups in total. The number of nitrogens with one attached hydrogen (secondary N) is 2. The highest BCUT2D eigenvalue weighted by molar-refractivity contribution is 5.84. The Morgan fingerprint density at radius 1 is 1.19 bits per heavy atom. The summed E-state index contributed by atoms with van der Waals surface area (Å²) in [7, 11) is 0. The highest BCUT2D eigenvalue weighted by Gasteiger charge is 2.18. The maximum absolute atomic E-state index is 12.8. The van der Waals surface area contributed by atoms with Gasteiger partial charge in [-0.2, -0.15) is 5.10 Å². The Kier molecular flexibility index (Phi) is 10.2. The van der Waals surface area contributed by atoms with E-state index in [9.17, 15) is 4.79 Å². The molecule has 0 radical (unpaired) electrons. The topological polar surface area (TPSA) is 135 Å². The molecule has 1 saturated heterocycles. The predicted octanol–water partition coefficient (Wildman–Crippen LogP) is 2.09. The number of hydrogen-bond acceptors (Lipinski definition) is 8. The summed E-state index contributed by atoms with van der Waals surface area (Å²) in [6.07, 6.45) is 3.80. The first-order chi connectivity index (χ1) is 15.8. The largest absolute Gasteiger partial charge is 0.383 e. The normalized spacial score (nSPS) is 16.1. The SMILES string of the molecule is [N-]=[N+]=NCCOCCOCCOCCNc1ccc2c(=O)n(C3CCCNC3)ncc2c1. The zero-order valence-corrected chi connectivity index (χ0v) is 18.2. The summed E-state index contributed by atoms with van der Waals surface area (Å²) in [5, 5.41) is 15.9. The second-order valence-electron chi connectivity index (χ2n) is 7.41. The molecule has 0 amide bonds. The maximum Gasteiger partial charge on any atom is 0.274 e. The van der Waals surface area contributed by atoms with Gasteiger partial charge in [0, 0.05) is 35.6 Å². The van der Waals surface area contributed by atoms with Crippen molar-refractivity contribution in [2.75, 3.05) is 71.1 Å². The van der Waals surface area contributed by atoms with Gasteiger partial charge in [0.15, 0.2) is 0 Å². The van der Waals surface area contributed by atoms with Crippen LogP contribution in [-0.2, 0) is 14.2 Å². The monoisotopic (exact) mass is 445 g/mol. The molecule has 2 heterocycles. The molecule has 0 bridgehead atoms. The van der Waals surface area contributed by atoms with E-state index < -0.39 is 0 Å². The lowest BCUT2D eigenvalue weighted by Crippen LogP contribution is -2.37. The van der Waals surface area contributed by atoms with Crippen molar-refractivity contribution in [2.45, 2.75) is 18.9 Å². The van der Waals surface area contributed by atoms with Gasteiger partial charge in [0.05, 0.1) is 57.3 Å². The molecule has 1 fully saturated rings. The minimum absolute atomic E-state index is 0.0350. The summed E-state index contributed by atoms with van der Waals surface area (Å²) in [6.45, 7) is 5.62. The van der Waals surface area contributed by atoms with Crippen molar-refractivity contribution in [1.82, 2.24) is 15.1 Å². The quantitative estimate of drug-likeness (QED) is 0.197. The fourth-order valence-corrected chi connectivity index (χ4v) is 3.54. The Bertz CT molecular complexity index is 939.